The Hall–Kier alpha value is -1.91. The lowest BCUT2D eigenvalue weighted by Gasteiger charge is -2.09. The van der Waals surface area contributed by atoms with Gasteiger partial charge in [-0.3, -0.25) is 4.68 Å². The molecule has 0 radical (unpaired) electrons. The quantitative estimate of drug-likeness (QED) is 0.899. The van der Waals surface area contributed by atoms with Crippen LogP contribution < -0.4 is 5.32 Å². The van der Waals surface area contributed by atoms with Gasteiger partial charge in [-0.25, -0.2) is 9.97 Å². The number of anilines is 1. The predicted molar refractivity (Wildman–Crippen MR) is 72.6 cm³/mol. The van der Waals surface area contributed by atoms with Crippen molar-refractivity contribution in [2.24, 2.45) is 0 Å². The number of rotatable bonds is 4. The summed E-state index contributed by atoms with van der Waals surface area (Å²) in [6, 6.07) is 1.98. The van der Waals surface area contributed by atoms with Gasteiger partial charge in [0.25, 0.3) is 0 Å². The summed E-state index contributed by atoms with van der Waals surface area (Å²) in [4.78, 5) is 9.07. The summed E-state index contributed by atoms with van der Waals surface area (Å²) in [6.07, 6.45) is 3.78. The third-order valence-corrected chi connectivity index (χ3v) is 2.81. The molecule has 0 fully saturated rings. The average Bonchev–Trinajstić information content (AvgIpc) is 2.86. The molecule has 2 rings (SSSR count). The Morgan fingerprint density at radius 2 is 2.11 bits per heavy atom. The first-order chi connectivity index (χ1) is 8.63. The highest BCUT2D eigenvalue weighted by Crippen LogP contribution is 2.21. The zero-order valence-corrected chi connectivity index (χ0v) is 11.3. The van der Waals surface area contributed by atoms with Crippen LogP contribution in [0, 0.1) is 0 Å². The fourth-order valence-corrected chi connectivity index (χ4v) is 1.67. The molecule has 0 bridgehead atoms. The number of hydrogen-bond donors (Lipinski definition) is 1. The molecule has 0 saturated heterocycles. The van der Waals surface area contributed by atoms with Crippen molar-refractivity contribution in [1.82, 2.24) is 19.7 Å². The van der Waals surface area contributed by atoms with Gasteiger partial charge < -0.3 is 5.32 Å². The molecular formula is C13H19N5. The minimum atomic E-state index is 0.375. The van der Waals surface area contributed by atoms with Crippen molar-refractivity contribution in [2.45, 2.75) is 33.2 Å². The molecule has 0 aliphatic carbocycles. The Bertz CT molecular complexity index is 530. The molecule has 0 aliphatic heterocycles. The van der Waals surface area contributed by atoms with Crippen molar-refractivity contribution in [1.29, 1.82) is 0 Å². The Morgan fingerprint density at radius 3 is 2.67 bits per heavy atom. The van der Waals surface area contributed by atoms with Gasteiger partial charge in [-0.2, -0.15) is 5.10 Å². The van der Waals surface area contributed by atoms with E-state index in [2.05, 4.69) is 41.2 Å². The van der Waals surface area contributed by atoms with E-state index in [1.165, 1.54) is 0 Å². The van der Waals surface area contributed by atoms with Crippen molar-refractivity contribution in [3.05, 3.63) is 24.2 Å². The summed E-state index contributed by atoms with van der Waals surface area (Å²) < 4.78 is 1.87. The van der Waals surface area contributed by atoms with E-state index < -0.39 is 0 Å². The van der Waals surface area contributed by atoms with Crippen LogP contribution in [0.25, 0.3) is 11.4 Å². The molecule has 1 N–H and O–H groups in total. The first-order valence-electron chi connectivity index (χ1n) is 6.23. The third kappa shape index (κ3) is 2.50. The van der Waals surface area contributed by atoms with Crippen molar-refractivity contribution >= 4 is 5.82 Å². The average molecular weight is 245 g/mol. The second kappa shape index (κ2) is 5.16. The summed E-state index contributed by atoms with van der Waals surface area (Å²) in [6.45, 7) is 7.16. The molecule has 5 nitrogen and oxygen atoms in total. The summed E-state index contributed by atoms with van der Waals surface area (Å²) in [5, 5.41) is 7.33. The molecule has 0 aliphatic rings. The van der Waals surface area contributed by atoms with Gasteiger partial charge in [0.15, 0.2) is 5.82 Å². The van der Waals surface area contributed by atoms with Crippen molar-refractivity contribution in [2.75, 3.05) is 12.4 Å². The molecule has 96 valence electrons. The van der Waals surface area contributed by atoms with Crippen LogP contribution in [0.1, 0.15) is 32.4 Å². The number of nitrogens with zero attached hydrogens (tertiary/aromatic N) is 4. The van der Waals surface area contributed by atoms with Crippen LogP contribution in [0.5, 0.6) is 0 Å². The first-order valence-corrected chi connectivity index (χ1v) is 6.23. The standard InChI is InChI=1S/C13H19N5/c1-5-18-8-10(7-15-18)13-16-11(9(2)3)6-12(14-4)17-13/h6-9H,5H2,1-4H3,(H,14,16,17). The number of hydrogen-bond acceptors (Lipinski definition) is 4. The van der Waals surface area contributed by atoms with Gasteiger partial charge in [-0.05, 0) is 12.8 Å². The second-order valence-electron chi connectivity index (χ2n) is 4.49. The van der Waals surface area contributed by atoms with Crippen molar-refractivity contribution in [3.63, 3.8) is 0 Å². The molecule has 0 aromatic carbocycles. The summed E-state index contributed by atoms with van der Waals surface area (Å²) in [5.41, 5.74) is 1.99. The van der Waals surface area contributed by atoms with E-state index in [-0.39, 0.29) is 0 Å². The maximum absolute atomic E-state index is 4.59. The van der Waals surface area contributed by atoms with E-state index in [9.17, 15) is 0 Å². The van der Waals surface area contributed by atoms with E-state index >= 15 is 0 Å². The number of nitrogens with one attached hydrogen (secondary N) is 1. The van der Waals surface area contributed by atoms with Crippen LogP contribution in [0.3, 0.4) is 0 Å². The Labute approximate surface area is 107 Å². The maximum Gasteiger partial charge on any atom is 0.164 e. The molecule has 18 heavy (non-hydrogen) atoms. The largest absolute Gasteiger partial charge is 0.373 e. The highest BCUT2D eigenvalue weighted by Gasteiger charge is 2.10. The number of aryl methyl sites for hydroxylation is 1. The van der Waals surface area contributed by atoms with Gasteiger partial charge in [-0.1, -0.05) is 13.8 Å². The van der Waals surface area contributed by atoms with Gasteiger partial charge in [0.05, 0.1) is 11.8 Å². The van der Waals surface area contributed by atoms with E-state index in [4.69, 9.17) is 0 Å². The molecule has 0 saturated carbocycles. The molecule has 2 heterocycles. The van der Waals surface area contributed by atoms with Gasteiger partial charge in [0.1, 0.15) is 5.82 Å². The van der Waals surface area contributed by atoms with Gasteiger partial charge in [0.2, 0.25) is 0 Å². The minimum absolute atomic E-state index is 0.375. The van der Waals surface area contributed by atoms with E-state index in [0.29, 0.717) is 5.92 Å². The Balaban J connectivity index is 2.45. The molecule has 0 amide bonds. The summed E-state index contributed by atoms with van der Waals surface area (Å²) >= 11 is 0. The van der Waals surface area contributed by atoms with Crippen molar-refractivity contribution in [3.8, 4) is 11.4 Å². The predicted octanol–water partition coefficient (Wildman–Crippen LogP) is 2.53. The van der Waals surface area contributed by atoms with Crippen LogP contribution in [-0.2, 0) is 6.54 Å². The van der Waals surface area contributed by atoms with Crippen molar-refractivity contribution < 1.29 is 0 Å². The Morgan fingerprint density at radius 1 is 1.33 bits per heavy atom. The molecule has 0 unspecified atom stereocenters. The molecule has 2 aromatic rings. The third-order valence-electron chi connectivity index (χ3n) is 2.81. The first kappa shape index (κ1) is 12.5. The molecule has 0 atom stereocenters. The SMILES string of the molecule is CCn1cc(-c2nc(NC)cc(C(C)C)n2)cn1. The number of aromatic nitrogens is 4. The van der Waals surface area contributed by atoms with Gasteiger partial charge in [-0.15, -0.1) is 0 Å². The van der Waals surface area contributed by atoms with Gasteiger partial charge >= 0.3 is 0 Å². The lowest BCUT2D eigenvalue weighted by atomic mass is 10.1. The monoisotopic (exact) mass is 245 g/mol. The molecular weight excluding hydrogens is 226 g/mol. The fraction of sp³-hybridized carbons (Fsp3) is 0.462. The van der Waals surface area contributed by atoms with Crippen LogP contribution in [0.2, 0.25) is 0 Å². The van der Waals surface area contributed by atoms with Crippen LogP contribution >= 0.6 is 0 Å². The zero-order valence-electron chi connectivity index (χ0n) is 11.3. The topological polar surface area (TPSA) is 55.6 Å². The molecule has 2 aromatic heterocycles. The highest BCUT2D eigenvalue weighted by atomic mass is 15.3. The Kier molecular flexibility index (Phi) is 3.60. The lowest BCUT2D eigenvalue weighted by molar-refractivity contribution is 0.660. The van der Waals surface area contributed by atoms with Gasteiger partial charge in [0, 0.05) is 31.5 Å². The highest BCUT2D eigenvalue weighted by molar-refractivity contribution is 5.55. The van der Waals surface area contributed by atoms with Crippen LogP contribution in [0.4, 0.5) is 5.82 Å². The van der Waals surface area contributed by atoms with E-state index in [1.807, 2.05) is 30.2 Å². The fourth-order valence-electron chi connectivity index (χ4n) is 1.67. The van der Waals surface area contributed by atoms with Crippen LogP contribution in [-0.4, -0.2) is 26.8 Å². The minimum Gasteiger partial charge on any atom is -0.373 e. The lowest BCUT2D eigenvalue weighted by Crippen LogP contribution is -2.02. The molecule has 0 spiro atoms. The summed E-state index contributed by atoms with van der Waals surface area (Å²) in [7, 11) is 1.87. The van der Waals surface area contributed by atoms with E-state index in [1.54, 1.807) is 0 Å². The summed E-state index contributed by atoms with van der Waals surface area (Å²) in [5.74, 6) is 1.94. The maximum atomic E-state index is 4.59. The zero-order chi connectivity index (χ0) is 13.1. The molecule has 5 heteroatoms. The van der Waals surface area contributed by atoms with E-state index in [0.717, 1.165) is 29.4 Å². The normalized spacial score (nSPS) is 10.9. The smallest absolute Gasteiger partial charge is 0.164 e. The van der Waals surface area contributed by atoms with Crippen LogP contribution in [0.15, 0.2) is 18.5 Å². The second-order valence-corrected chi connectivity index (χ2v) is 4.49.